The summed E-state index contributed by atoms with van der Waals surface area (Å²) in [5, 5.41) is 0. The van der Waals surface area contributed by atoms with Gasteiger partial charge in [-0.3, -0.25) is 5.43 Å². The van der Waals surface area contributed by atoms with Crippen LogP contribution in [0.1, 0.15) is 18.9 Å². The van der Waals surface area contributed by atoms with Crippen LogP contribution in [0.15, 0.2) is 65.4 Å². The van der Waals surface area contributed by atoms with Crippen molar-refractivity contribution in [2.45, 2.75) is 25.2 Å². The summed E-state index contributed by atoms with van der Waals surface area (Å²) in [5.74, 6) is 0. The van der Waals surface area contributed by atoms with Gasteiger partial charge in [-0.1, -0.05) is 23.8 Å². The Bertz CT molecular complexity index is 670. The van der Waals surface area contributed by atoms with E-state index in [1.54, 1.807) is 36.5 Å². The van der Waals surface area contributed by atoms with Crippen molar-refractivity contribution >= 4 is 10.0 Å². The Morgan fingerprint density at radius 2 is 1.90 bits per heavy atom. The molecule has 1 N–H and O–H groups in total. The summed E-state index contributed by atoms with van der Waals surface area (Å²) in [5.41, 5.74) is 5.59. The number of allylic oxidation sites excluding steroid dienone is 3. The van der Waals surface area contributed by atoms with Gasteiger partial charge in [-0.25, -0.2) is 0 Å². The number of nitrogens with zero attached hydrogens (tertiary/aromatic N) is 1. The fraction of sp³-hybridized carbons (Fsp3) is 0.200. The lowest BCUT2D eigenvalue weighted by molar-refractivity contribution is 0.429. The average Bonchev–Trinajstić information content (AvgIpc) is 2.39. The fourth-order valence-corrected chi connectivity index (χ4v) is 3.17. The molecule has 20 heavy (non-hydrogen) atoms. The minimum absolute atomic E-state index is 0.263. The summed E-state index contributed by atoms with van der Waals surface area (Å²) >= 11 is 0. The third kappa shape index (κ3) is 2.93. The second-order valence-corrected chi connectivity index (χ2v) is 6.58. The maximum Gasteiger partial charge on any atom is 0.281 e. The highest BCUT2D eigenvalue weighted by molar-refractivity contribution is 7.89. The smallest absolute Gasteiger partial charge is 0.281 e. The molecule has 0 aromatic heterocycles. The third-order valence-electron chi connectivity index (χ3n) is 2.92. The molecule has 1 aliphatic heterocycles. The average molecular weight is 290 g/mol. The first-order valence-corrected chi connectivity index (χ1v) is 7.75. The molecule has 1 aromatic carbocycles. The van der Waals surface area contributed by atoms with Crippen LogP contribution in [0.3, 0.4) is 0 Å². The predicted molar refractivity (Wildman–Crippen MR) is 80.0 cm³/mol. The Morgan fingerprint density at radius 1 is 1.25 bits per heavy atom. The topological polar surface area (TPSA) is 49.4 Å². The molecule has 0 amide bonds. The largest absolute Gasteiger partial charge is 0.289 e. The number of hydrogen-bond donors (Lipinski definition) is 1. The lowest BCUT2D eigenvalue weighted by Crippen LogP contribution is -2.40. The molecule has 0 saturated heterocycles. The van der Waals surface area contributed by atoms with Crippen LogP contribution < -0.4 is 5.43 Å². The highest BCUT2D eigenvalue weighted by atomic mass is 32.2. The van der Waals surface area contributed by atoms with Crippen molar-refractivity contribution < 1.29 is 8.42 Å². The van der Waals surface area contributed by atoms with Crippen LogP contribution in [0.5, 0.6) is 0 Å². The summed E-state index contributed by atoms with van der Waals surface area (Å²) in [6, 6.07) is 6.80. The minimum atomic E-state index is -3.59. The molecule has 0 atom stereocenters. The van der Waals surface area contributed by atoms with E-state index < -0.39 is 10.0 Å². The van der Waals surface area contributed by atoms with Crippen molar-refractivity contribution in [1.82, 2.24) is 9.84 Å². The van der Waals surface area contributed by atoms with Gasteiger partial charge in [0.15, 0.2) is 0 Å². The van der Waals surface area contributed by atoms with E-state index in [0.717, 1.165) is 21.2 Å². The highest BCUT2D eigenvalue weighted by Gasteiger charge is 2.24. The number of nitrogens with one attached hydrogen (secondary N) is 1. The molecule has 0 saturated carbocycles. The molecule has 1 heterocycles. The van der Waals surface area contributed by atoms with Gasteiger partial charge in [0.2, 0.25) is 0 Å². The van der Waals surface area contributed by atoms with E-state index in [1.165, 1.54) is 0 Å². The van der Waals surface area contributed by atoms with E-state index in [2.05, 4.69) is 12.0 Å². The Kier molecular flexibility index (Phi) is 3.99. The van der Waals surface area contributed by atoms with Crippen molar-refractivity contribution in [3.8, 4) is 0 Å². The first kappa shape index (κ1) is 14.4. The van der Waals surface area contributed by atoms with Gasteiger partial charge < -0.3 is 0 Å². The zero-order valence-electron chi connectivity index (χ0n) is 11.6. The van der Waals surface area contributed by atoms with E-state index >= 15 is 0 Å². The van der Waals surface area contributed by atoms with Crippen LogP contribution in [0, 0.1) is 6.92 Å². The quantitative estimate of drug-likeness (QED) is 0.867. The molecule has 0 radical (unpaired) electrons. The first-order chi connectivity index (χ1) is 9.43. The SMILES string of the molecule is C=CCC1=CC(C)=CN(S(=O)(=O)c2ccc(C)cc2)N1. The van der Waals surface area contributed by atoms with Crippen LogP contribution in [0.25, 0.3) is 0 Å². The van der Waals surface area contributed by atoms with E-state index in [4.69, 9.17) is 0 Å². The molecule has 5 heteroatoms. The third-order valence-corrected chi connectivity index (χ3v) is 4.50. The van der Waals surface area contributed by atoms with Gasteiger partial charge in [0, 0.05) is 18.3 Å². The van der Waals surface area contributed by atoms with Crippen molar-refractivity contribution in [2.24, 2.45) is 0 Å². The van der Waals surface area contributed by atoms with E-state index in [-0.39, 0.29) is 4.90 Å². The lowest BCUT2D eigenvalue weighted by atomic mass is 10.2. The van der Waals surface area contributed by atoms with E-state index in [0.29, 0.717) is 6.42 Å². The van der Waals surface area contributed by atoms with Gasteiger partial charge >= 0.3 is 0 Å². The van der Waals surface area contributed by atoms with E-state index in [9.17, 15) is 8.42 Å². The molecule has 0 fully saturated rings. The van der Waals surface area contributed by atoms with Crippen LogP contribution in [-0.4, -0.2) is 12.8 Å². The Hall–Kier alpha value is -2.01. The molecule has 1 aliphatic rings. The van der Waals surface area contributed by atoms with Gasteiger partial charge in [0.25, 0.3) is 10.0 Å². The van der Waals surface area contributed by atoms with Crippen molar-refractivity contribution in [3.63, 3.8) is 0 Å². The number of hydrazine groups is 1. The molecule has 0 bridgehead atoms. The molecular weight excluding hydrogens is 272 g/mol. The Labute approximate surface area is 120 Å². The molecule has 106 valence electrons. The molecule has 0 aliphatic carbocycles. The van der Waals surface area contributed by atoms with Gasteiger partial charge in [0.1, 0.15) is 0 Å². The summed E-state index contributed by atoms with van der Waals surface area (Å²) in [6.45, 7) is 7.45. The number of sulfonamides is 1. The van der Waals surface area contributed by atoms with Crippen molar-refractivity contribution in [3.05, 3.63) is 66.0 Å². The fourth-order valence-electron chi connectivity index (χ4n) is 1.92. The standard InChI is InChI=1S/C15H18N2O2S/c1-4-5-14-10-13(3)11-17(16-14)20(18,19)15-8-6-12(2)7-9-15/h4,6-11,16H,1,5H2,2-3H3. The first-order valence-electron chi connectivity index (χ1n) is 6.31. The molecule has 4 nitrogen and oxygen atoms in total. The maximum absolute atomic E-state index is 12.6. The van der Waals surface area contributed by atoms with Gasteiger partial charge in [0.05, 0.1) is 4.90 Å². The molecule has 1 aromatic rings. The zero-order chi connectivity index (χ0) is 14.8. The minimum Gasteiger partial charge on any atom is -0.289 e. The predicted octanol–water partition coefficient (Wildman–Crippen LogP) is 2.87. The van der Waals surface area contributed by atoms with Crippen LogP contribution >= 0.6 is 0 Å². The maximum atomic E-state index is 12.6. The van der Waals surface area contributed by atoms with Gasteiger partial charge in [-0.2, -0.15) is 12.8 Å². The van der Waals surface area contributed by atoms with Crippen LogP contribution in [0.2, 0.25) is 0 Å². The summed E-state index contributed by atoms with van der Waals surface area (Å²) < 4.78 is 26.3. The molecule has 0 spiro atoms. The lowest BCUT2D eigenvalue weighted by Gasteiger charge is -2.27. The van der Waals surface area contributed by atoms with Crippen molar-refractivity contribution in [1.29, 1.82) is 0 Å². The molecular formula is C15H18N2O2S. The monoisotopic (exact) mass is 290 g/mol. The highest BCUT2D eigenvalue weighted by Crippen LogP contribution is 2.20. The zero-order valence-corrected chi connectivity index (χ0v) is 12.4. The summed E-state index contributed by atoms with van der Waals surface area (Å²) in [4.78, 5) is 0.263. The van der Waals surface area contributed by atoms with Gasteiger partial charge in [-0.05, 0) is 37.6 Å². The Morgan fingerprint density at radius 3 is 2.50 bits per heavy atom. The number of hydrogen-bond acceptors (Lipinski definition) is 3. The van der Waals surface area contributed by atoms with Crippen LogP contribution in [0.4, 0.5) is 0 Å². The second kappa shape index (κ2) is 5.54. The van der Waals surface area contributed by atoms with E-state index in [1.807, 2.05) is 19.9 Å². The van der Waals surface area contributed by atoms with Crippen molar-refractivity contribution in [2.75, 3.05) is 0 Å². The molecule has 0 unspecified atom stereocenters. The van der Waals surface area contributed by atoms with Gasteiger partial charge in [-0.15, -0.1) is 6.58 Å². The summed E-state index contributed by atoms with van der Waals surface area (Å²) in [6.07, 6.45) is 5.80. The Balaban J connectivity index is 2.33. The van der Waals surface area contributed by atoms with Crippen LogP contribution in [-0.2, 0) is 10.0 Å². The summed E-state index contributed by atoms with van der Waals surface area (Å²) in [7, 11) is -3.59. The number of rotatable bonds is 4. The second-order valence-electron chi connectivity index (χ2n) is 4.76. The molecule has 2 rings (SSSR count). The number of aryl methyl sites for hydroxylation is 1. The normalized spacial score (nSPS) is 15.2. The number of benzene rings is 1.